The number of hydrogen-bond acceptors (Lipinski definition) is 8. The fourth-order valence-corrected chi connectivity index (χ4v) is 3.33. The fraction of sp³-hybridized carbons (Fsp3) is 0.600. The molecule has 1 saturated heterocycles. The summed E-state index contributed by atoms with van der Waals surface area (Å²) in [5.41, 5.74) is -4.38. The molecule has 0 spiro atoms. The van der Waals surface area contributed by atoms with Crippen LogP contribution in [0.25, 0.3) is 0 Å². The summed E-state index contributed by atoms with van der Waals surface area (Å²) >= 11 is 9.07. The molecule has 1 aliphatic rings. The molecule has 2 heterocycles. The number of aromatic amines is 1. The number of H-pyrrole nitrogens is 1. The average Bonchev–Trinajstić information content (AvgIpc) is 2.74. The van der Waals surface area contributed by atoms with Crippen molar-refractivity contribution in [3.05, 3.63) is 32.6 Å². The first-order valence-electron chi connectivity index (χ1n) is 6.00. The molecule has 1 aliphatic heterocycles. The molecule has 0 aliphatic carbocycles. The lowest BCUT2D eigenvalue weighted by Gasteiger charge is -2.38. The first kappa shape index (κ1) is 16.9. The molecule has 0 amide bonds. The van der Waals surface area contributed by atoms with Gasteiger partial charge in [0.05, 0.1) is 12.7 Å². The third-order valence-electron chi connectivity index (χ3n) is 3.08. The SMILES string of the molecule is Cc1cn([C@H]2C[C@H](OP([O-])(=S)[S-])[C@@H](CO)O2)c(=O)[nH]c1=O. The monoisotopic (exact) mass is 352 g/mol. The highest BCUT2D eigenvalue weighted by atomic mass is 32.9. The summed E-state index contributed by atoms with van der Waals surface area (Å²) in [7, 11) is 0. The highest BCUT2D eigenvalue weighted by molar-refractivity contribution is 8.50. The first-order valence-corrected chi connectivity index (χ1v) is 9.65. The molecule has 4 atom stereocenters. The predicted octanol–water partition coefficient (Wildman–Crippen LogP) is -1.36. The van der Waals surface area contributed by atoms with Crippen molar-refractivity contribution in [2.45, 2.75) is 31.8 Å². The van der Waals surface area contributed by atoms with E-state index < -0.39 is 42.0 Å². The summed E-state index contributed by atoms with van der Waals surface area (Å²) in [6.07, 6.45) is -0.864. The van der Waals surface area contributed by atoms with Crippen LogP contribution in [-0.4, -0.2) is 33.5 Å². The van der Waals surface area contributed by atoms with E-state index in [4.69, 9.17) is 9.26 Å². The number of rotatable bonds is 4. The molecule has 118 valence electrons. The van der Waals surface area contributed by atoms with Crippen LogP contribution in [-0.2, 0) is 33.3 Å². The van der Waals surface area contributed by atoms with Crippen LogP contribution in [0.2, 0.25) is 0 Å². The van der Waals surface area contributed by atoms with Crippen LogP contribution in [0.3, 0.4) is 0 Å². The van der Waals surface area contributed by atoms with Crippen LogP contribution in [0.1, 0.15) is 18.2 Å². The Morgan fingerprint density at radius 1 is 1.71 bits per heavy atom. The summed E-state index contributed by atoms with van der Waals surface area (Å²) in [5, 5.41) is 9.26. The van der Waals surface area contributed by atoms with Crippen LogP contribution in [0.4, 0.5) is 0 Å². The Labute approximate surface area is 130 Å². The maximum Gasteiger partial charge on any atom is 0.330 e. The Kier molecular flexibility index (Phi) is 5.09. The molecule has 1 aromatic rings. The Hall–Kier alpha value is -0.480. The van der Waals surface area contributed by atoms with Gasteiger partial charge in [0, 0.05) is 18.2 Å². The summed E-state index contributed by atoms with van der Waals surface area (Å²) < 4.78 is 11.7. The zero-order valence-corrected chi connectivity index (χ0v) is 13.5. The van der Waals surface area contributed by atoms with Crippen molar-refractivity contribution in [2.24, 2.45) is 0 Å². The van der Waals surface area contributed by atoms with Crippen LogP contribution >= 0.6 is 5.69 Å². The number of aliphatic hydroxyl groups excluding tert-OH is 1. The van der Waals surface area contributed by atoms with Gasteiger partial charge in [-0.1, -0.05) is 0 Å². The molecular weight excluding hydrogens is 339 g/mol. The van der Waals surface area contributed by atoms with E-state index in [1.807, 2.05) is 0 Å². The lowest BCUT2D eigenvalue weighted by atomic mass is 10.2. The fourth-order valence-electron chi connectivity index (χ4n) is 2.11. The maximum atomic E-state index is 11.8. The van der Waals surface area contributed by atoms with Gasteiger partial charge in [-0.25, -0.2) is 4.79 Å². The summed E-state index contributed by atoms with van der Waals surface area (Å²) in [5.74, 6) is 0. The van der Waals surface area contributed by atoms with E-state index in [2.05, 4.69) is 29.0 Å². The van der Waals surface area contributed by atoms with E-state index in [9.17, 15) is 19.6 Å². The van der Waals surface area contributed by atoms with Gasteiger partial charge in [0.25, 0.3) is 5.56 Å². The number of ether oxygens (including phenoxy) is 1. The zero-order valence-electron chi connectivity index (χ0n) is 10.9. The quantitative estimate of drug-likeness (QED) is 0.504. The Bertz CT molecular complexity index is 683. The second-order valence-corrected chi connectivity index (χ2v) is 9.30. The number of nitrogens with zero attached hydrogens (tertiary/aromatic N) is 1. The van der Waals surface area contributed by atoms with Crippen molar-refractivity contribution in [3.63, 3.8) is 0 Å². The van der Waals surface area contributed by atoms with E-state index >= 15 is 0 Å². The van der Waals surface area contributed by atoms with Crippen LogP contribution < -0.4 is 16.1 Å². The Morgan fingerprint density at radius 2 is 2.38 bits per heavy atom. The van der Waals surface area contributed by atoms with Crippen molar-refractivity contribution in [1.82, 2.24) is 9.55 Å². The normalized spacial score (nSPS) is 28.5. The van der Waals surface area contributed by atoms with Gasteiger partial charge in [0.2, 0.25) is 0 Å². The molecule has 2 N–H and O–H groups in total. The van der Waals surface area contributed by atoms with Crippen molar-refractivity contribution in [3.8, 4) is 0 Å². The van der Waals surface area contributed by atoms with E-state index in [0.717, 1.165) is 0 Å². The molecule has 21 heavy (non-hydrogen) atoms. The van der Waals surface area contributed by atoms with Gasteiger partial charge < -0.3 is 31.5 Å². The zero-order chi connectivity index (χ0) is 15.8. The second-order valence-electron chi connectivity index (χ2n) is 4.62. The number of aliphatic hydroxyl groups is 1. The Morgan fingerprint density at radius 3 is 2.95 bits per heavy atom. The van der Waals surface area contributed by atoms with Crippen molar-refractivity contribution in [2.75, 3.05) is 6.61 Å². The molecule has 0 aromatic carbocycles. The molecular formula is C10H13N2O6PS2-2. The van der Waals surface area contributed by atoms with Gasteiger partial charge in [-0.05, 0) is 6.92 Å². The third kappa shape index (κ3) is 4.04. The minimum atomic E-state index is -3.58. The first-order chi connectivity index (χ1) is 9.71. The lowest BCUT2D eigenvalue weighted by Crippen LogP contribution is -2.33. The van der Waals surface area contributed by atoms with E-state index in [0.29, 0.717) is 5.56 Å². The van der Waals surface area contributed by atoms with Gasteiger partial charge in [0.1, 0.15) is 12.3 Å². The highest BCUT2D eigenvalue weighted by Gasteiger charge is 2.37. The summed E-state index contributed by atoms with van der Waals surface area (Å²) in [6.45, 7) is 1.14. The Balaban J connectivity index is 2.27. The molecule has 2 rings (SSSR count). The van der Waals surface area contributed by atoms with Crippen molar-refractivity contribution < 1.29 is 19.3 Å². The van der Waals surface area contributed by atoms with Gasteiger partial charge in [-0.2, -0.15) is 0 Å². The van der Waals surface area contributed by atoms with E-state index in [1.165, 1.54) is 10.8 Å². The van der Waals surface area contributed by atoms with Crippen molar-refractivity contribution >= 4 is 29.7 Å². The molecule has 1 fully saturated rings. The molecule has 0 radical (unpaired) electrons. The van der Waals surface area contributed by atoms with Crippen LogP contribution in [0.5, 0.6) is 0 Å². The lowest BCUT2D eigenvalue weighted by molar-refractivity contribution is -0.180. The number of aryl methyl sites for hydroxylation is 1. The smallest absolute Gasteiger partial charge is 0.330 e. The van der Waals surface area contributed by atoms with E-state index in [1.54, 1.807) is 6.92 Å². The largest absolute Gasteiger partial charge is 0.819 e. The predicted molar refractivity (Wildman–Crippen MR) is 78.2 cm³/mol. The van der Waals surface area contributed by atoms with Crippen molar-refractivity contribution in [1.29, 1.82) is 0 Å². The molecule has 0 saturated carbocycles. The molecule has 0 bridgehead atoms. The van der Waals surface area contributed by atoms with Gasteiger partial charge in [-0.3, -0.25) is 14.3 Å². The molecule has 8 nitrogen and oxygen atoms in total. The molecule has 1 unspecified atom stereocenters. The van der Waals surface area contributed by atoms with Gasteiger partial charge >= 0.3 is 5.69 Å². The summed E-state index contributed by atoms with van der Waals surface area (Å²) in [6, 6.07) is 0. The topological polar surface area (TPSA) is 117 Å². The van der Waals surface area contributed by atoms with Crippen LogP contribution in [0, 0.1) is 6.92 Å². The second kappa shape index (κ2) is 6.33. The highest BCUT2D eigenvalue weighted by Crippen LogP contribution is 2.41. The number of aromatic nitrogens is 2. The third-order valence-corrected chi connectivity index (χ3v) is 4.13. The number of hydrogen-bond donors (Lipinski definition) is 2. The minimum Gasteiger partial charge on any atom is -0.819 e. The average molecular weight is 352 g/mol. The van der Waals surface area contributed by atoms with Gasteiger partial charge in [0.15, 0.2) is 0 Å². The maximum absolute atomic E-state index is 11.8. The summed E-state index contributed by atoms with van der Waals surface area (Å²) in [4.78, 5) is 36.7. The standard InChI is InChI=1S/C10H15N2O6PS2/c1-5-3-12(10(15)11-9(5)14)8-2-6(7(4-13)17-8)18-19(16,20)21/h3,6-8,13H,2,4H2,1H3,(H,11,14,15)(H2,16,20,21)/p-2/t6-,7+,8+/m0/s1. The van der Waals surface area contributed by atoms with E-state index in [-0.39, 0.29) is 6.42 Å². The number of nitrogens with one attached hydrogen (secondary N) is 1. The van der Waals surface area contributed by atoms with Gasteiger partial charge in [-0.15, -0.1) is 17.5 Å². The molecule has 11 heteroatoms. The minimum absolute atomic E-state index is 0.133. The van der Waals surface area contributed by atoms with Crippen LogP contribution in [0.15, 0.2) is 15.8 Å². The molecule has 1 aromatic heterocycles.